The number of nitrogens with zero attached hydrogens (tertiary/aromatic N) is 1. The van der Waals surface area contributed by atoms with E-state index in [2.05, 4.69) is 22.9 Å². The van der Waals surface area contributed by atoms with E-state index in [1.54, 1.807) is 0 Å². The lowest BCUT2D eigenvalue weighted by Crippen LogP contribution is -2.51. The van der Waals surface area contributed by atoms with Gasteiger partial charge in [0.25, 0.3) is 0 Å². The third-order valence-corrected chi connectivity index (χ3v) is 9.59. The summed E-state index contributed by atoms with van der Waals surface area (Å²) in [5.41, 5.74) is -0.145. The first-order chi connectivity index (χ1) is 17.1. The smallest absolute Gasteiger partial charge is 0.323 e. The van der Waals surface area contributed by atoms with Crippen LogP contribution in [0.15, 0.2) is 35.2 Å². The number of hydrogen-bond acceptors (Lipinski definition) is 5. The fraction of sp³-hybridized carbons (Fsp3) is 0.458. The Morgan fingerprint density at radius 1 is 1.11 bits per heavy atom. The Morgan fingerprint density at radius 2 is 1.78 bits per heavy atom. The van der Waals surface area contributed by atoms with Crippen molar-refractivity contribution in [2.45, 2.75) is 68.5 Å². The molecule has 2 amide bonds. The molecule has 0 aliphatic carbocycles. The van der Waals surface area contributed by atoms with Crippen LogP contribution >= 0.6 is 23.2 Å². The van der Waals surface area contributed by atoms with Gasteiger partial charge in [-0.3, -0.25) is 0 Å². The third-order valence-electron chi connectivity index (χ3n) is 6.70. The zero-order valence-corrected chi connectivity index (χ0v) is 22.1. The summed E-state index contributed by atoms with van der Waals surface area (Å²) in [6.07, 6.45) is 5.00. The molecule has 2 fully saturated rings. The van der Waals surface area contributed by atoms with Crippen molar-refractivity contribution >= 4 is 50.6 Å². The van der Waals surface area contributed by atoms with E-state index in [1.165, 1.54) is 28.6 Å². The van der Waals surface area contributed by atoms with Gasteiger partial charge in [-0.2, -0.15) is 4.31 Å². The molecule has 0 aromatic heterocycles. The molecule has 8 nitrogen and oxygen atoms in total. The molecule has 12 heteroatoms. The number of amides is 2. The van der Waals surface area contributed by atoms with Crippen molar-refractivity contribution in [3.05, 3.63) is 46.2 Å². The topological polar surface area (TPSA) is 111 Å². The molecular formula is C24H29Cl2FN4O4S. The first-order valence-corrected chi connectivity index (χ1v) is 14.1. The van der Waals surface area contributed by atoms with E-state index in [-0.39, 0.29) is 39.5 Å². The molecule has 36 heavy (non-hydrogen) atoms. The highest BCUT2D eigenvalue weighted by Crippen LogP contribution is 2.45. The van der Waals surface area contributed by atoms with Gasteiger partial charge in [0.1, 0.15) is 10.7 Å². The highest BCUT2D eigenvalue weighted by molar-refractivity contribution is 7.89. The van der Waals surface area contributed by atoms with E-state index in [1.807, 2.05) is 0 Å². The summed E-state index contributed by atoms with van der Waals surface area (Å²) in [5, 5.41) is 18.8. The van der Waals surface area contributed by atoms with E-state index in [4.69, 9.17) is 23.2 Å². The summed E-state index contributed by atoms with van der Waals surface area (Å²) < 4.78 is 42.6. The molecule has 196 valence electrons. The van der Waals surface area contributed by atoms with Gasteiger partial charge in [0.05, 0.1) is 21.4 Å². The minimum atomic E-state index is -4.16. The SMILES string of the molecule is CCCCNC1C[C@@H]2CC[C@@H](C1)N2S(=O)(=O)c1c(Cl)ccc(NC(=O)Nc2cccc(F)c2Cl)c1O. The van der Waals surface area contributed by atoms with E-state index < -0.39 is 32.5 Å². The number of unbranched alkanes of at least 4 members (excludes halogenated alkanes) is 1. The maximum Gasteiger partial charge on any atom is 0.323 e. The Morgan fingerprint density at radius 3 is 2.44 bits per heavy atom. The van der Waals surface area contributed by atoms with Crippen LogP contribution in [0.4, 0.5) is 20.6 Å². The maximum absolute atomic E-state index is 13.7. The predicted octanol–water partition coefficient (Wildman–Crippen LogP) is 5.56. The number of phenols is 1. The van der Waals surface area contributed by atoms with Gasteiger partial charge in [0, 0.05) is 18.1 Å². The number of halogens is 3. The average Bonchev–Trinajstić information content (AvgIpc) is 3.11. The number of rotatable bonds is 8. The Balaban J connectivity index is 1.54. The Bertz CT molecular complexity index is 1230. The van der Waals surface area contributed by atoms with Crippen molar-refractivity contribution in [1.29, 1.82) is 0 Å². The van der Waals surface area contributed by atoms with Gasteiger partial charge < -0.3 is 21.1 Å². The van der Waals surface area contributed by atoms with Gasteiger partial charge in [-0.15, -0.1) is 0 Å². The number of sulfonamides is 1. The lowest BCUT2D eigenvalue weighted by atomic mass is 9.99. The zero-order chi connectivity index (χ0) is 26.0. The van der Waals surface area contributed by atoms with Crippen LogP contribution in [0.2, 0.25) is 10.0 Å². The molecule has 2 saturated heterocycles. The number of anilines is 2. The van der Waals surface area contributed by atoms with E-state index >= 15 is 0 Å². The number of carbonyl (C=O) groups is 1. The third kappa shape index (κ3) is 5.43. The highest BCUT2D eigenvalue weighted by Gasteiger charge is 2.48. The molecule has 2 heterocycles. The van der Waals surface area contributed by atoms with Crippen LogP contribution in [0.3, 0.4) is 0 Å². The standard InChI is InChI=1S/C24H29Cl2FN4O4S/c1-2-3-11-28-14-12-15-7-8-16(13-14)31(15)36(34,35)23-17(25)9-10-20(22(23)32)30-24(33)29-19-6-4-5-18(27)21(19)26/h4-6,9-10,14-16,28,32H,2-3,7-8,11-13H2,1H3,(H2,29,30,33)/t15-,16-/m0/s1. The second kappa shape index (κ2) is 11.1. The predicted molar refractivity (Wildman–Crippen MR) is 139 cm³/mol. The number of hydrogen-bond donors (Lipinski definition) is 4. The van der Waals surface area contributed by atoms with Gasteiger partial charge >= 0.3 is 6.03 Å². The largest absolute Gasteiger partial charge is 0.504 e. The van der Waals surface area contributed by atoms with Crippen molar-refractivity contribution in [1.82, 2.24) is 9.62 Å². The van der Waals surface area contributed by atoms with Gasteiger partial charge in [-0.25, -0.2) is 17.6 Å². The maximum atomic E-state index is 13.7. The van der Waals surface area contributed by atoms with Crippen molar-refractivity contribution in [3.63, 3.8) is 0 Å². The number of nitrogens with one attached hydrogen (secondary N) is 3. The van der Waals surface area contributed by atoms with Gasteiger partial charge in [0.2, 0.25) is 10.0 Å². The normalized spacial score (nSPS) is 21.9. The summed E-state index contributed by atoms with van der Waals surface area (Å²) in [4.78, 5) is 12.0. The Kier molecular flexibility index (Phi) is 8.31. The molecular weight excluding hydrogens is 530 g/mol. The number of aromatic hydroxyl groups is 1. The molecule has 2 aliphatic rings. The summed E-state index contributed by atoms with van der Waals surface area (Å²) in [6, 6.07) is 5.53. The van der Waals surface area contributed by atoms with Crippen molar-refractivity contribution in [2.24, 2.45) is 0 Å². The van der Waals surface area contributed by atoms with Gasteiger partial charge in [-0.05, 0) is 62.9 Å². The molecule has 0 saturated carbocycles. The molecule has 0 radical (unpaired) electrons. The molecule has 2 bridgehead atoms. The number of urea groups is 1. The summed E-state index contributed by atoms with van der Waals surface area (Å²) in [5.74, 6) is -1.37. The van der Waals surface area contributed by atoms with Crippen LogP contribution in [0.5, 0.6) is 5.75 Å². The molecule has 2 aromatic rings. The second-order valence-corrected chi connectivity index (χ2v) is 11.7. The summed E-state index contributed by atoms with van der Waals surface area (Å²) in [7, 11) is -4.16. The quantitative estimate of drug-likeness (QED) is 0.250. The molecule has 0 unspecified atom stereocenters. The first kappa shape index (κ1) is 26.9. The van der Waals surface area contributed by atoms with Crippen LogP contribution in [0.1, 0.15) is 45.4 Å². The Hall–Kier alpha value is -2.11. The minimum absolute atomic E-state index is 0.0162. The van der Waals surface area contributed by atoms with Crippen LogP contribution in [-0.2, 0) is 10.0 Å². The summed E-state index contributed by atoms with van der Waals surface area (Å²) >= 11 is 12.1. The number of piperidine rings is 1. The molecule has 2 aromatic carbocycles. The monoisotopic (exact) mass is 558 g/mol. The van der Waals surface area contributed by atoms with Crippen molar-refractivity contribution in [2.75, 3.05) is 17.2 Å². The van der Waals surface area contributed by atoms with Crippen molar-refractivity contribution < 1.29 is 22.7 Å². The fourth-order valence-electron chi connectivity index (χ4n) is 5.05. The number of fused-ring (bicyclic) bond motifs is 2. The minimum Gasteiger partial charge on any atom is -0.504 e. The lowest BCUT2D eigenvalue weighted by molar-refractivity contribution is 0.206. The van der Waals surface area contributed by atoms with E-state index in [0.29, 0.717) is 12.8 Å². The number of carbonyl (C=O) groups excluding carboxylic acids is 1. The van der Waals surface area contributed by atoms with Gasteiger partial charge in [-0.1, -0.05) is 42.6 Å². The molecule has 4 N–H and O–H groups in total. The fourth-order valence-corrected chi connectivity index (χ4v) is 7.72. The lowest BCUT2D eigenvalue weighted by Gasteiger charge is -2.38. The highest BCUT2D eigenvalue weighted by atomic mass is 35.5. The van der Waals surface area contributed by atoms with E-state index in [0.717, 1.165) is 38.3 Å². The van der Waals surface area contributed by atoms with Gasteiger partial charge in [0.15, 0.2) is 5.75 Å². The molecule has 0 spiro atoms. The second-order valence-electron chi connectivity index (χ2n) is 9.15. The van der Waals surface area contributed by atoms with Crippen LogP contribution in [0, 0.1) is 5.82 Å². The zero-order valence-electron chi connectivity index (χ0n) is 19.7. The van der Waals surface area contributed by atoms with E-state index in [9.17, 15) is 22.7 Å². The first-order valence-electron chi connectivity index (χ1n) is 11.9. The van der Waals surface area contributed by atoms with Crippen LogP contribution < -0.4 is 16.0 Å². The molecule has 2 atom stereocenters. The average molecular weight is 559 g/mol. The Labute approximate surface area is 220 Å². The number of benzene rings is 2. The molecule has 4 rings (SSSR count). The number of phenolic OH excluding ortho intramolecular Hbond substituents is 1. The molecule has 2 aliphatic heterocycles. The summed E-state index contributed by atoms with van der Waals surface area (Å²) in [6.45, 7) is 3.02. The van der Waals surface area contributed by atoms with Crippen LogP contribution in [0.25, 0.3) is 0 Å². The van der Waals surface area contributed by atoms with Crippen LogP contribution in [-0.4, -0.2) is 48.5 Å². The van der Waals surface area contributed by atoms with Crippen molar-refractivity contribution in [3.8, 4) is 5.75 Å².